The molecule has 5 aromatic carbocycles. The fraction of sp³-hybridized carbons (Fsp3) is 0.135. The van der Waals surface area contributed by atoms with Gasteiger partial charge < -0.3 is 8.98 Å². The van der Waals surface area contributed by atoms with Gasteiger partial charge in [0.05, 0.1) is 11.0 Å². The van der Waals surface area contributed by atoms with Crippen LogP contribution >= 0.6 is 0 Å². The number of hydrogen-bond acceptors (Lipinski definition) is 1. The largest absolute Gasteiger partial charge is 0.461 e. The summed E-state index contributed by atoms with van der Waals surface area (Å²) in [5, 5.41) is 3.85. The van der Waals surface area contributed by atoms with Crippen LogP contribution in [0.25, 0.3) is 60.7 Å². The summed E-state index contributed by atoms with van der Waals surface area (Å²) in [6, 6.07) is 41.9. The van der Waals surface area contributed by atoms with Crippen molar-refractivity contribution < 1.29 is 4.42 Å². The van der Waals surface area contributed by atoms with Crippen molar-refractivity contribution >= 4 is 32.8 Å². The quantitative estimate of drug-likeness (QED) is 0.235. The lowest BCUT2D eigenvalue weighted by Crippen LogP contribution is -2.08. The molecule has 2 heteroatoms. The third-order valence-corrected chi connectivity index (χ3v) is 8.51. The van der Waals surface area contributed by atoms with E-state index in [0.29, 0.717) is 5.92 Å². The van der Waals surface area contributed by atoms with Crippen molar-refractivity contribution in [3.63, 3.8) is 0 Å². The van der Waals surface area contributed by atoms with Gasteiger partial charge in [-0.3, -0.25) is 0 Å². The molecule has 2 heterocycles. The zero-order chi connectivity index (χ0) is 25.9. The number of benzene rings is 5. The lowest BCUT2D eigenvalue weighted by Gasteiger charge is -2.16. The molecule has 7 aromatic rings. The second-order valence-electron chi connectivity index (χ2n) is 11.1. The van der Waals surface area contributed by atoms with E-state index in [9.17, 15) is 0 Å². The van der Waals surface area contributed by atoms with E-state index in [4.69, 9.17) is 4.42 Å². The van der Waals surface area contributed by atoms with Gasteiger partial charge in [-0.05, 0) is 83.5 Å². The molecule has 8 rings (SSSR count). The van der Waals surface area contributed by atoms with Crippen LogP contribution in [0.5, 0.6) is 0 Å². The Labute approximate surface area is 228 Å². The van der Waals surface area contributed by atoms with Crippen LogP contribution in [0.2, 0.25) is 0 Å². The number of para-hydroxylation sites is 2. The normalized spacial score (nSPS) is 15.3. The molecule has 0 saturated carbocycles. The van der Waals surface area contributed by atoms with Gasteiger partial charge in [-0.2, -0.15) is 0 Å². The number of nitrogens with zero attached hydrogens (tertiary/aromatic N) is 1. The van der Waals surface area contributed by atoms with Crippen LogP contribution in [0, 0.1) is 5.92 Å². The molecule has 0 aliphatic heterocycles. The molecular formula is C37H29NO. The van der Waals surface area contributed by atoms with Crippen LogP contribution in [-0.2, 0) is 12.8 Å². The molecule has 1 aliphatic rings. The number of aryl methyl sites for hydroxylation is 1. The van der Waals surface area contributed by atoms with E-state index in [1.165, 1.54) is 72.9 Å². The third kappa shape index (κ3) is 3.63. The Morgan fingerprint density at radius 2 is 1.26 bits per heavy atom. The van der Waals surface area contributed by atoms with Crippen molar-refractivity contribution in [3.8, 4) is 27.9 Å². The predicted molar refractivity (Wildman–Crippen MR) is 163 cm³/mol. The molecule has 2 aromatic heterocycles. The lowest BCUT2D eigenvalue weighted by molar-refractivity contribution is 0.426. The number of rotatable bonds is 3. The Morgan fingerprint density at radius 3 is 2.00 bits per heavy atom. The first kappa shape index (κ1) is 22.4. The summed E-state index contributed by atoms with van der Waals surface area (Å²) < 4.78 is 8.64. The van der Waals surface area contributed by atoms with E-state index in [-0.39, 0.29) is 0 Å². The molecule has 0 fully saturated rings. The monoisotopic (exact) mass is 503 g/mol. The van der Waals surface area contributed by atoms with Crippen molar-refractivity contribution in [1.29, 1.82) is 0 Å². The molecule has 0 radical (unpaired) electrons. The highest BCUT2D eigenvalue weighted by molar-refractivity contribution is 6.09. The molecule has 0 N–H and O–H groups in total. The average Bonchev–Trinajstić information content (AvgIpc) is 3.52. The fourth-order valence-electron chi connectivity index (χ4n) is 6.53. The summed E-state index contributed by atoms with van der Waals surface area (Å²) in [5.74, 6) is 1.89. The third-order valence-electron chi connectivity index (χ3n) is 8.51. The lowest BCUT2D eigenvalue weighted by atomic mass is 9.88. The van der Waals surface area contributed by atoms with Crippen LogP contribution in [0.15, 0.2) is 120 Å². The number of furan rings is 1. The van der Waals surface area contributed by atoms with E-state index in [1.54, 1.807) is 0 Å². The molecule has 0 spiro atoms. The molecule has 1 aliphatic carbocycles. The Morgan fingerprint density at radius 1 is 0.615 bits per heavy atom. The van der Waals surface area contributed by atoms with Crippen LogP contribution in [0.4, 0.5) is 0 Å². The van der Waals surface area contributed by atoms with E-state index in [0.717, 1.165) is 18.4 Å². The first-order chi connectivity index (χ1) is 19.2. The van der Waals surface area contributed by atoms with Gasteiger partial charge in [0.1, 0.15) is 11.3 Å². The predicted octanol–water partition coefficient (Wildman–Crippen LogP) is 9.99. The Kier molecular flexibility index (Phi) is 5.03. The van der Waals surface area contributed by atoms with Crippen molar-refractivity contribution in [2.75, 3.05) is 0 Å². The maximum atomic E-state index is 6.25. The van der Waals surface area contributed by atoms with Gasteiger partial charge in [0.2, 0.25) is 0 Å². The van der Waals surface area contributed by atoms with Gasteiger partial charge in [-0.25, -0.2) is 0 Å². The van der Waals surface area contributed by atoms with Gasteiger partial charge in [-0.15, -0.1) is 0 Å². The summed E-state index contributed by atoms with van der Waals surface area (Å²) in [5.41, 5.74) is 11.0. The Balaban J connectivity index is 1.22. The summed E-state index contributed by atoms with van der Waals surface area (Å²) in [6.07, 6.45) is 3.41. The first-order valence-electron chi connectivity index (χ1n) is 14.0. The van der Waals surface area contributed by atoms with Crippen molar-refractivity contribution in [1.82, 2.24) is 4.57 Å². The molecular weight excluding hydrogens is 474 g/mol. The Bertz CT molecular complexity index is 1970. The molecule has 0 bridgehead atoms. The average molecular weight is 504 g/mol. The minimum atomic E-state index is 0.701. The fourth-order valence-corrected chi connectivity index (χ4v) is 6.53. The first-order valence-corrected chi connectivity index (χ1v) is 14.0. The maximum absolute atomic E-state index is 6.25. The van der Waals surface area contributed by atoms with Gasteiger partial charge >= 0.3 is 0 Å². The second-order valence-corrected chi connectivity index (χ2v) is 11.1. The van der Waals surface area contributed by atoms with Crippen LogP contribution in [0.1, 0.15) is 24.7 Å². The zero-order valence-corrected chi connectivity index (χ0v) is 22.0. The van der Waals surface area contributed by atoms with E-state index in [1.807, 2.05) is 0 Å². The minimum Gasteiger partial charge on any atom is -0.461 e. The highest BCUT2D eigenvalue weighted by atomic mass is 16.3. The van der Waals surface area contributed by atoms with Gasteiger partial charge in [0.25, 0.3) is 0 Å². The van der Waals surface area contributed by atoms with Crippen molar-refractivity contribution in [2.24, 2.45) is 5.92 Å². The summed E-state index contributed by atoms with van der Waals surface area (Å²) in [7, 11) is 0. The highest BCUT2D eigenvalue weighted by Crippen LogP contribution is 2.37. The van der Waals surface area contributed by atoms with E-state index >= 15 is 0 Å². The van der Waals surface area contributed by atoms with Crippen molar-refractivity contribution in [3.05, 3.63) is 127 Å². The van der Waals surface area contributed by atoms with Crippen LogP contribution in [0.3, 0.4) is 0 Å². The summed E-state index contributed by atoms with van der Waals surface area (Å²) >= 11 is 0. The zero-order valence-electron chi connectivity index (χ0n) is 22.0. The number of hydrogen-bond donors (Lipinski definition) is 0. The molecule has 188 valence electrons. The topological polar surface area (TPSA) is 18.1 Å². The second kappa shape index (κ2) is 8.74. The summed E-state index contributed by atoms with van der Waals surface area (Å²) in [6.45, 7) is 2.32. The van der Waals surface area contributed by atoms with Gasteiger partial charge in [0, 0.05) is 33.8 Å². The van der Waals surface area contributed by atoms with Gasteiger partial charge in [0.15, 0.2) is 0 Å². The van der Waals surface area contributed by atoms with Crippen LogP contribution in [-0.4, -0.2) is 4.57 Å². The molecule has 39 heavy (non-hydrogen) atoms. The molecule has 1 atom stereocenters. The standard InChI is InChI=1S/C37H29NO/c1-24-16-18-32-33-23-28(17-19-36(33)39-37(32)20-24)26-9-6-8-25(21-26)27-10-7-11-29(22-27)38-34-14-4-2-12-30(34)31-13-3-5-15-35(31)38/h2-15,17,19,21-24H,16,18,20H2,1H3. The van der Waals surface area contributed by atoms with E-state index < -0.39 is 0 Å². The molecule has 1 unspecified atom stereocenters. The summed E-state index contributed by atoms with van der Waals surface area (Å²) in [4.78, 5) is 0. The number of aromatic nitrogens is 1. The molecule has 0 saturated heterocycles. The number of fused-ring (bicyclic) bond motifs is 6. The minimum absolute atomic E-state index is 0.701. The smallest absolute Gasteiger partial charge is 0.134 e. The molecule has 0 amide bonds. The highest BCUT2D eigenvalue weighted by Gasteiger charge is 2.22. The molecule has 2 nitrogen and oxygen atoms in total. The van der Waals surface area contributed by atoms with Crippen molar-refractivity contribution in [2.45, 2.75) is 26.2 Å². The van der Waals surface area contributed by atoms with E-state index in [2.05, 4.69) is 127 Å². The van der Waals surface area contributed by atoms with Gasteiger partial charge in [-0.1, -0.05) is 79.7 Å². The Hall–Kier alpha value is -4.56. The maximum Gasteiger partial charge on any atom is 0.134 e. The SMILES string of the molecule is CC1CCc2c(oc3ccc(-c4cccc(-c5cccc(-n6c7ccccc7c7ccccc76)c5)c4)cc23)C1. The van der Waals surface area contributed by atoms with Crippen LogP contribution < -0.4 is 0 Å².